The summed E-state index contributed by atoms with van der Waals surface area (Å²) in [5.41, 5.74) is 7.66. The van der Waals surface area contributed by atoms with Gasteiger partial charge in [-0.25, -0.2) is 0 Å². The van der Waals surface area contributed by atoms with Crippen LogP contribution in [0.2, 0.25) is 39.3 Å². The maximum absolute atomic E-state index is 4.00. The average Bonchev–Trinajstić information content (AvgIpc) is 2.77. The van der Waals surface area contributed by atoms with E-state index in [9.17, 15) is 0 Å². The fourth-order valence-electron chi connectivity index (χ4n) is 4.15. The van der Waals surface area contributed by atoms with Gasteiger partial charge in [-0.1, -0.05) is 123 Å². The molecular formula is C30H48N2Si2. The zero-order chi connectivity index (χ0) is 25.2. The topological polar surface area (TPSA) is 24.1 Å². The molecule has 0 saturated carbocycles. The molecule has 0 aromatic heterocycles. The molecule has 2 aromatic carbocycles. The summed E-state index contributed by atoms with van der Waals surface area (Å²) in [4.78, 5) is 0. The smallest absolute Gasteiger partial charge is 0.0682 e. The number of hydrogen-bond donors (Lipinski definition) is 2. The van der Waals surface area contributed by atoms with Crippen LogP contribution in [0.4, 0.5) is 0 Å². The first kappa shape index (κ1) is 28.5. The monoisotopic (exact) mass is 492 g/mol. The standard InChI is InChI=1S/C30H48N2Si2/c1-25(27-17-11-9-12-18-27)31-29(21-15-23-33(3,4)5)30(22-16-24-34(6,7)8)32-26(2)28-19-13-10-14-20-28/h9-20,23-26,29-32H,21-22H2,1-8H3/b23-15+,24-16+/t25-,26-,29+,30+/m0/s1. The third-order valence-corrected chi connectivity index (χ3v) is 8.50. The largest absolute Gasteiger partial charge is 0.306 e. The van der Waals surface area contributed by atoms with Crippen LogP contribution in [0, 0.1) is 0 Å². The lowest BCUT2D eigenvalue weighted by Crippen LogP contribution is -2.49. The van der Waals surface area contributed by atoms with Gasteiger partial charge in [0, 0.05) is 24.2 Å². The second-order valence-electron chi connectivity index (χ2n) is 11.8. The highest BCUT2D eigenvalue weighted by atomic mass is 28.3. The van der Waals surface area contributed by atoms with Gasteiger partial charge >= 0.3 is 0 Å². The maximum atomic E-state index is 4.00. The summed E-state index contributed by atoms with van der Waals surface area (Å²) >= 11 is 0. The average molecular weight is 493 g/mol. The molecule has 0 spiro atoms. The van der Waals surface area contributed by atoms with E-state index in [0.29, 0.717) is 24.2 Å². The quantitative estimate of drug-likeness (QED) is 0.276. The van der Waals surface area contributed by atoms with Crippen molar-refractivity contribution >= 4 is 16.1 Å². The van der Waals surface area contributed by atoms with Crippen LogP contribution in [0.15, 0.2) is 84.2 Å². The van der Waals surface area contributed by atoms with Crippen molar-refractivity contribution in [3.05, 3.63) is 95.3 Å². The van der Waals surface area contributed by atoms with E-state index in [0.717, 1.165) is 12.8 Å². The zero-order valence-corrected chi connectivity index (χ0v) is 24.8. The number of nitrogens with one attached hydrogen (secondary N) is 2. The lowest BCUT2D eigenvalue weighted by molar-refractivity contribution is 0.324. The second-order valence-corrected chi connectivity index (χ2v) is 22.0. The summed E-state index contributed by atoms with van der Waals surface area (Å²) in [6.45, 7) is 19.0. The molecule has 2 N–H and O–H groups in total. The number of benzene rings is 2. The lowest BCUT2D eigenvalue weighted by atomic mass is 9.97. The number of rotatable bonds is 13. The summed E-state index contributed by atoms with van der Waals surface area (Å²) in [7, 11) is -2.47. The molecule has 34 heavy (non-hydrogen) atoms. The molecule has 2 aromatic rings. The third kappa shape index (κ3) is 11.1. The van der Waals surface area contributed by atoms with Gasteiger partial charge in [-0.3, -0.25) is 0 Å². The van der Waals surface area contributed by atoms with Crippen LogP contribution in [0.1, 0.15) is 49.9 Å². The summed E-state index contributed by atoms with van der Waals surface area (Å²) < 4.78 is 0. The molecule has 0 amide bonds. The lowest BCUT2D eigenvalue weighted by Gasteiger charge is -2.33. The molecular weight excluding hydrogens is 445 g/mol. The van der Waals surface area contributed by atoms with Gasteiger partial charge in [-0.15, -0.1) is 0 Å². The first-order valence-corrected chi connectivity index (χ1v) is 20.1. The van der Waals surface area contributed by atoms with Crippen molar-refractivity contribution in [3.63, 3.8) is 0 Å². The van der Waals surface area contributed by atoms with Gasteiger partial charge in [0.2, 0.25) is 0 Å². The fourth-order valence-corrected chi connectivity index (χ4v) is 5.84. The third-order valence-electron chi connectivity index (χ3n) is 6.03. The van der Waals surface area contributed by atoms with E-state index in [1.165, 1.54) is 11.1 Å². The van der Waals surface area contributed by atoms with Crippen molar-refractivity contribution < 1.29 is 0 Å². The normalized spacial score (nSPS) is 16.6. The fraction of sp³-hybridized carbons (Fsp3) is 0.467. The van der Waals surface area contributed by atoms with Crippen LogP contribution >= 0.6 is 0 Å². The highest BCUT2D eigenvalue weighted by Crippen LogP contribution is 2.20. The Balaban J connectivity index is 2.31. The molecule has 0 bridgehead atoms. The maximum Gasteiger partial charge on any atom is 0.0682 e. The Morgan fingerprint density at radius 1 is 0.588 bits per heavy atom. The molecule has 4 heteroatoms. The Labute approximate surface area is 212 Å². The molecule has 4 atom stereocenters. The van der Waals surface area contributed by atoms with Gasteiger partial charge in [0.1, 0.15) is 0 Å². The molecule has 0 aliphatic carbocycles. The summed E-state index contributed by atoms with van der Waals surface area (Å²) in [6.07, 6.45) is 6.93. The van der Waals surface area contributed by atoms with E-state index in [1.54, 1.807) is 0 Å². The minimum absolute atomic E-state index is 0.295. The zero-order valence-electron chi connectivity index (χ0n) is 22.8. The van der Waals surface area contributed by atoms with Crippen molar-refractivity contribution in [2.75, 3.05) is 0 Å². The highest BCUT2D eigenvalue weighted by Gasteiger charge is 2.24. The molecule has 0 fully saturated rings. The summed E-state index contributed by atoms with van der Waals surface area (Å²) in [6, 6.07) is 22.9. The van der Waals surface area contributed by atoms with E-state index < -0.39 is 16.1 Å². The van der Waals surface area contributed by atoms with E-state index in [1.807, 2.05) is 0 Å². The van der Waals surface area contributed by atoms with Gasteiger partial charge in [0.25, 0.3) is 0 Å². The van der Waals surface area contributed by atoms with Crippen molar-refractivity contribution in [3.8, 4) is 0 Å². The Morgan fingerprint density at radius 2 is 0.912 bits per heavy atom. The second kappa shape index (κ2) is 13.4. The van der Waals surface area contributed by atoms with Crippen LogP contribution in [-0.2, 0) is 0 Å². The van der Waals surface area contributed by atoms with Gasteiger partial charge in [-0.05, 0) is 37.8 Å². The Morgan fingerprint density at radius 3 is 1.21 bits per heavy atom. The molecule has 0 saturated heterocycles. The van der Waals surface area contributed by atoms with E-state index in [-0.39, 0.29) is 0 Å². The Bertz CT molecular complexity index is 804. The van der Waals surface area contributed by atoms with E-state index in [2.05, 4.69) is 148 Å². The molecule has 2 nitrogen and oxygen atoms in total. The van der Waals surface area contributed by atoms with E-state index >= 15 is 0 Å². The molecule has 0 aliphatic heterocycles. The van der Waals surface area contributed by atoms with Crippen LogP contribution in [0.5, 0.6) is 0 Å². The number of hydrogen-bond acceptors (Lipinski definition) is 2. The van der Waals surface area contributed by atoms with Gasteiger partial charge in [0.05, 0.1) is 16.1 Å². The van der Waals surface area contributed by atoms with Gasteiger partial charge < -0.3 is 10.6 Å². The molecule has 0 aliphatic rings. The summed E-state index contributed by atoms with van der Waals surface area (Å²) in [5.74, 6) is 0. The predicted octanol–water partition coefficient (Wildman–Crippen LogP) is 8.07. The van der Waals surface area contributed by atoms with Crippen molar-refractivity contribution in [1.29, 1.82) is 0 Å². The first-order valence-electron chi connectivity index (χ1n) is 12.9. The first-order chi connectivity index (χ1) is 15.9. The van der Waals surface area contributed by atoms with Crippen molar-refractivity contribution in [1.82, 2.24) is 10.6 Å². The predicted molar refractivity (Wildman–Crippen MR) is 158 cm³/mol. The molecule has 0 unspecified atom stereocenters. The highest BCUT2D eigenvalue weighted by molar-refractivity contribution is 6.81. The molecule has 186 valence electrons. The van der Waals surface area contributed by atoms with Crippen LogP contribution < -0.4 is 10.6 Å². The van der Waals surface area contributed by atoms with Crippen LogP contribution in [-0.4, -0.2) is 28.2 Å². The van der Waals surface area contributed by atoms with Crippen LogP contribution in [0.25, 0.3) is 0 Å². The van der Waals surface area contributed by atoms with Gasteiger partial charge in [0.15, 0.2) is 0 Å². The van der Waals surface area contributed by atoms with Crippen LogP contribution in [0.3, 0.4) is 0 Å². The van der Waals surface area contributed by atoms with Crippen molar-refractivity contribution in [2.24, 2.45) is 0 Å². The SMILES string of the molecule is C[C@H](N[C@H](C/C=C/[Si](C)(C)C)[C@@H](C/C=C/[Si](C)(C)C)N[C@@H](C)c1ccccc1)c1ccccc1. The van der Waals surface area contributed by atoms with Crippen molar-refractivity contribution in [2.45, 2.75) is 90.1 Å². The molecule has 0 heterocycles. The Kier molecular flexibility index (Phi) is 11.2. The molecule has 2 rings (SSSR count). The van der Waals surface area contributed by atoms with E-state index in [4.69, 9.17) is 0 Å². The minimum Gasteiger partial charge on any atom is -0.306 e. The molecule has 0 radical (unpaired) electrons. The van der Waals surface area contributed by atoms with Gasteiger partial charge in [-0.2, -0.15) is 0 Å². The minimum atomic E-state index is -1.23. The summed E-state index contributed by atoms with van der Waals surface area (Å²) in [5, 5.41) is 8.01. The Hall–Kier alpha value is -1.73.